The average Bonchev–Trinajstić information content (AvgIpc) is 3.03. The van der Waals surface area contributed by atoms with E-state index in [1.807, 2.05) is 12.1 Å². The fourth-order valence-corrected chi connectivity index (χ4v) is 4.51. The summed E-state index contributed by atoms with van der Waals surface area (Å²) in [6.45, 7) is 3.75. The van der Waals surface area contributed by atoms with Gasteiger partial charge in [-0.25, -0.2) is 0 Å². The third-order valence-corrected chi connectivity index (χ3v) is 6.32. The molecule has 154 valence electrons. The molecule has 5 nitrogen and oxygen atoms in total. The predicted molar refractivity (Wildman–Crippen MR) is 117 cm³/mol. The van der Waals surface area contributed by atoms with Crippen LogP contribution >= 0.6 is 0 Å². The zero-order valence-electron chi connectivity index (χ0n) is 17.4. The molecule has 4 rings (SSSR count). The zero-order valence-corrected chi connectivity index (χ0v) is 17.4. The van der Waals surface area contributed by atoms with Gasteiger partial charge >= 0.3 is 0 Å². The number of carbonyl (C=O) groups excluding carboxylic acids is 1. The number of hydrogen-bond donors (Lipinski definition) is 1. The molecule has 0 radical (unpaired) electrons. The average molecular weight is 393 g/mol. The Morgan fingerprint density at radius 3 is 2.38 bits per heavy atom. The minimum atomic E-state index is 0.0468. The highest BCUT2D eigenvalue weighted by Gasteiger charge is 2.28. The van der Waals surface area contributed by atoms with Crippen LogP contribution in [0.5, 0.6) is 0 Å². The Bertz CT molecular complexity index is 795. The Morgan fingerprint density at radius 1 is 0.931 bits per heavy atom. The van der Waals surface area contributed by atoms with Crippen LogP contribution in [0, 0.1) is 12.8 Å². The van der Waals surface area contributed by atoms with Crippen molar-refractivity contribution >= 4 is 11.7 Å². The Kier molecular flexibility index (Phi) is 6.43. The summed E-state index contributed by atoms with van der Waals surface area (Å²) in [6, 6.07) is 12.8. The second-order valence-electron chi connectivity index (χ2n) is 8.63. The van der Waals surface area contributed by atoms with Crippen LogP contribution in [0.15, 0.2) is 36.4 Å². The molecule has 1 amide bonds. The van der Waals surface area contributed by atoms with Crippen LogP contribution < -0.4 is 10.2 Å². The van der Waals surface area contributed by atoms with Crippen molar-refractivity contribution in [3.63, 3.8) is 0 Å². The van der Waals surface area contributed by atoms with E-state index in [9.17, 15) is 4.79 Å². The first-order valence-electron chi connectivity index (χ1n) is 11.1. The van der Waals surface area contributed by atoms with Gasteiger partial charge in [0, 0.05) is 24.7 Å². The van der Waals surface area contributed by atoms with Gasteiger partial charge < -0.3 is 10.2 Å². The molecule has 2 aromatic rings. The molecule has 1 aliphatic carbocycles. The Balaban J connectivity index is 1.37. The van der Waals surface area contributed by atoms with E-state index in [1.165, 1.54) is 31.2 Å². The monoisotopic (exact) mass is 392 g/mol. The molecule has 1 saturated heterocycles. The van der Waals surface area contributed by atoms with Gasteiger partial charge in [-0.1, -0.05) is 55.5 Å². The number of anilines is 1. The zero-order chi connectivity index (χ0) is 20.1. The first-order valence-corrected chi connectivity index (χ1v) is 11.1. The van der Waals surface area contributed by atoms with Crippen molar-refractivity contribution in [1.82, 2.24) is 15.5 Å². The highest BCUT2D eigenvalue weighted by atomic mass is 16.2. The summed E-state index contributed by atoms with van der Waals surface area (Å²) in [7, 11) is 0. The highest BCUT2D eigenvalue weighted by molar-refractivity contribution is 5.79. The number of benzene rings is 1. The van der Waals surface area contributed by atoms with Crippen molar-refractivity contribution in [2.45, 2.75) is 64.3 Å². The Morgan fingerprint density at radius 2 is 1.69 bits per heavy atom. The number of nitrogens with one attached hydrogen (secondary N) is 1. The van der Waals surface area contributed by atoms with Crippen LogP contribution in [0.25, 0.3) is 11.3 Å². The molecular formula is C24H32N4O. The van der Waals surface area contributed by atoms with Crippen molar-refractivity contribution in [2.24, 2.45) is 5.92 Å². The van der Waals surface area contributed by atoms with Crippen molar-refractivity contribution < 1.29 is 4.79 Å². The molecule has 5 heteroatoms. The second kappa shape index (κ2) is 9.38. The lowest BCUT2D eigenvalue weighted by atomic mass is 9.96. The van der Waals surface area contributed by atoms with E-state index in [4.69, 9.17) is 0 Å². The summed E-state index contributed by atoms with van der Waals surface area (Å²) in [5.41, 5.74) is 3.20. The number of amides is 1. The van der Waals surface area contributed by atoms with E-state index in [0.717, 1.165) is 55.8 Å². The van der Waals surface area contributed by atoms with Gasteiger partial charge in [0.05, 0.1) is 11.6 Å². The van der Waals surface area contributed by atoms with Crippen LogP contribution in [0.2, 0.25) is 0 Å². The molecule has 0 bridgehead atoms. The van der Waals surface area contributed by atoms with E-state index >= 15 is 0 Å². The summed E-state index contributed by atoms with van der Waals surface area (Å²) < 4.78 is 0. The molecule has 2 aliphatic rings. The topological polar surface area (TPSA) is 58.1 Å². The summed E-state index contributed by atoms with van der Waals surface area (Å²) >= 11 is 0. The first-order chi connectivity index (χ1) is 14.2. The number of nitrogens with zero attached hydrogens (tertiary/aromatic N) is 3. The lowest BCUT2D eigenvalue weighted by Crippen LogP contribution is -2.46. The number of hydrogen-bond acceptors (Lipinski definition) is 4. The maximum atomic E-state index is 12.8. The molecule has 2 fully saturated rings. The number of carbonyl (C=O) groups is 1. The minimum Gasteiger partial charge on any atom is -0.354 e. The van der Waals surface area contributed by atoms with Crippen molar-refractivity contribution in [1.29, 1.82) is 0 Å². The van der Waals surface area contributed by atoms with E-state index in [2.05, 4.69) is 51.6 Å². The summed E-state index contributed by atoms with van der Waals surface area (Å²) in [5, 5.41) is 12.2. The Labute approximate surface area is 173 Å². The number of rotatable bonds is 4. The SMILES string of the molecule is Cc1ccc(-c2ccc(N3CCC[C@@H](C(=O)NC4CCCCCC4)C3)nn2)cc1. The lowest BCUT2D eigenvalue weighted by molar-refractivity contribution is -0.126. The number of aromatic nitrogens is 2. The minimum absolute atomic E-state index is 0.0468. The molecule has 2 heterocycles. The second-order valence-corrected chi connectivity index (χ2v) is 8.63. The standard InChI is InChI=1S/C24H32N4O/c1-18-10-12-19(13-11-18)22-14-15-23(27-26-22)28-16-6-7-20(17-28)24(29)25-21-8-4-2-3-5-9-21/h10-15,20-21H,2-9,16-17H2,1H3,(H,25,29)/t20-/m1/s1. The van der Waals surface area contributed by atoms with Gasteiger partial charge in [-0.05, 0) is 44.7 Å². The van der Waals surface area contributed by atoms with Gasteiger partial charge in [-0.3, -0.25) is 4.79 Å². The molecular weight excluding hydrogens is 360 g/mol. The van der Waals surface area contributed by atoms with Gasteiger partial charge in [0.15, 0.2) is 5.82 Å². The third-order valence-electron chi connectivity index (χ3n) is 6.32. The van der Waals surface area contributed by atoms with E-state index in [0.29, 0.717) is 6.04 Å². The summed E-state index contributed by atoms with van der Waals surface area (Å²) in [4.78, 5) is 15.1. The van der Waals surface area contributed by atoms with E-state index < -0.39 is 0 Å². The van der Waals surface area contributed by atoms with Gasteiger partial charge in [0.25, 0.3) is 0 Å². The summed E-state index contributed by atoms with van der Waals surface area (Å²) in [6.07, 6.45) is 9.34. The molecule has 0 spiro atoms. The van der Waals surface area contributed by atoms with Crippen molar-refractivity contribution in [2.75, 3.05) is 18.0 Å². The van der Waals surface area contributed by atoms with E-state index in [-0.39, 0.29) is 11.8 Å². The molecule has 29 heavy (non-hydrogen) atoms. The fraction of sp³-hybridized carbons (Fsp3) is 0.542. The molecule has 1 aromatic heterocycles. The van der Waals surface area contributed by atoms with Crippen LogP contribution in [0.1, 0.15) is 56.9 Å². The van der Waals surface area contributed by atoms with Gasteiger partial charge in [0.2, 0.25) is 5.91 Å². The van der Waals surface area contributed by atoms with Crippen LogP contribution in [0.4, 0.5) is 5.82 Å². The smallest absolute Gasteiger partial charge is 0.225 e. The summed E-state index contributed by atoms with van der Waals surface area (Å²) in [5.74, 6) is 1.14. The maximum Gasteiger partial charge on any atom is 0.225 e. The Hall–Kier alpha value is -2.43. The largest absolute Gasteiger partial charge is 0.354 e. The molecule has 1 N–H and O–H groups in total. The first kappa shape index (κ1) is 19.9. The van der Waals surface area contributed by atoms with Gasteiger partial charge in [0.1, 0.15) is 0 Å². The third kappa shape index (κ3) is 5.14. The van der Waals surface area contributed by atoms with Crippen LogP contribution in [-0.4, -0.2) is 35.2 Å². The lowest BCUT2D eigenvalue weighted by Gasteiger charge is -2.33. The molecule has 1 aliphatic heterocycles. The highest BCUT2D eigenvalue weighted by Crippen LogP contribution is 2.24. The molecule has 0 unspecified atom stereocenters. The van der Waals surface area contributed by atoms with Gasteiger partial charge in [-0.15, -0.1) is 10.2 Å². The maximum absolute atomic E-state index is 12.8. The fourth-order valence-electron chi connectivity index (χ4n) is 4.51. The quantitative estimate of drug-likeness (QED) is 0.778. The van der Waals surface area contributed by atoms with Gasteiger partial charge in [-0.2, -0.15) is 0 Å². The molecule has 1 saturated carbocycles. The van der Waals surface area contributed by atoms with E-state index in [1.54, 1.807) is 0 Å². The van der Waals surface area contributed by atoms with Crippen LogP contribution in [0.3, 0.4) is 0 Å². The van der Waals surface area contributed by atoms with Crippen molar-refractivity contribution in [3.05, 3.63) is 42.0 Å². The molecule has 1 aromatic carbocycles. The van der Waals surface area contributed by atoms with Crippen LogP contribution in [-0.2, 0) is 4.79 Å². The normalized spacial score (nSPS) is 20.9. The predicted octanol–water partition coefficient (Wildman–Crippen LogP) is 4.51. The number of aryl methyl sites for hydroxylation is 1. The molecule has 1 atom stereocenters. The number of piperidine rings is 1. The van der Waals surface area contributed by atoms with Crippen molar-refractivity contribution in [3.8, 4) is 11.3 Å².